The molecule has 1 heterocycles. The summed E-state index contributed by atoms with van der Waals surface area (Å²) >= 11 is 0. The Morgan fingerprint density at radius 2 is 2.27 bits per heavy atom. The van der Waals surface area contributed by atoms with Crippen molar-refractivity contribution in [3.63, 3.8) is 0 Å². The molecule has 0 atom stereocenters. The van der Waals surface area contributed by atoms with Gasteiger partial charge in [0.05, 0.1) is 0 Å². The van der Waals surface area contributed by atoms with Gasteiger partial charge in [0.15, 0.2) is 0 Å². The Labute approximate surface area is 65.7 Å². The zero-order valence-corrected chi connectivity index (χ0v) is 6.26. The molecule has 0 fully saturated rings. The van der Waals surface area contributed by atoms with Crippen molar-refractivity contribution in [2.75, 3.05) is 0 Å². The van der Waals surface area contributed by atoms with E-state index in [1.807, 2.05) is 6.07 Å². The van der Waals surface area contributed by atoms with Crippen molar-refractivity contribution in [1.29, 1.82) is 0 Å². The van der Waals surface area contributed by atoms with Gasteiger partial charge in [-0.2, -0.15) is 0 Å². The third-order valence-electron chi connectivity index (χ3n) is 1.67. The first kappa shape index (κ1) is 6.18. The zero-order chi connectivity index (χ0) is 7.68. The van der Waals surface area contributed by atoms with Gasteiger partial charge in [0.2, 0.25) is 0 Å². The maximum atomic E-state index is 3.86. The Balaban J connectivity index is 2.83. The van der Waals surface area contributed by atoms with Gasteiger partial charge in [0.25, 0.3) is 0 Å². The summed E-state index contributed by atoms with van der Waals surface area (Å²) in [5.41, 5.74) is 1.24. The van der Waals surface area contributed by atoms with Crippen LogP contribution < -0.4 is 0 Å². The van der Waals surface area contributed by atoms with E-state index in [1.54, 1.807) is 6.20 Å². The van der Waals surface area contributed by atoms with Crippen LogP contribution in [0.15, 0.2) is 24.4 Å². The SMILES string of the molecule is Cc1ccc2cnc#cc2c1. The molecule has 2 rings (SSSR count). The molecule has 2 aromatic rings. The molecule has 0 unspecified atom stereocenters. The highest BCUT2D eigenvalue weighted by atomic mass is 14.6. The van der Waals surface area contributed by atoms with Crippen LogP contribution >= 0.6 is 0 Å². The highest BCUT2D eigenvalue weighted by Gasteiger charge is 1.89. The minimum absolute atomic E-state index is 1.08. The lowest BCUT2D eigenvalue weighted by Gasteiger charge is -1.92. The fourth-order valence-electron chi connectivity index (χ4n) is 1.09. The maximum absolute atomic E-state index is 3.86. The van der Waals surface area contributed by atoms with Crippen molar-refractivity contribution in [2.45, 2.75) is 6.92 Å². The number of benzene rings is 1. The van der Waals surface area contributed by atoms with E-state index in [0.717, 1.165) is 10.8 Å². The van der Waals surface area contributed by atoms with Gasteiger partial charge in [-0.1, -0.05) is 12.1 Å². The van der Waals surface area contributed by atoms with E-state index in [1.165, 1.54) is 5.56 Å². The number of nitrogens with zero attached hydrogens (tertiary/aromatic N) is 1. The molecule has 1 heteroatoms. The van der Waals surface area contributed by atoms with Crippen LogP contribution in [0.25, 0.3) is 10.8 Å². The van der Waals surface area contributed by atoms with Crippen LogP contribution in [0.4, 0.5) is 0 Å². The monoisotopic (exact) mass is 141 g/mol. The quantitative estimate of drug-likeness (QED) is 0.547. The molecule has 0 amide bonds. The van der Waals surface area contributed by atoms with Crippen LogP contribution in [0.5, 0.6) is 0 Å². The standard InChI is InChI=1S/C10H7N/c1-8-2-3-10-7-11-5-4-9(10)6-8/h2-3,6-7H,1H3. The Kier molecular flexibility index (Phi) is 1.26. The van der Waals surface area contributed by atoms with Gasteiger partial charge in [-0.25, -0.2) is 4.98 Å². The molecule has 0 aliphatic rings. The van der Waals surface area contributed by atoms with E-state index >= 15 is 0 Å². The van der Waals surface area contributed by atoms with Gasteiger partial charge in [0, 0.05) is 23.2 Å². The summed E-state index contributed by atoms with van der Waals surface area (Å²) in [5, 5.41) is 2.20. The minimum Gasteiger partial charge on any atom is -0.205 e. The molecule has 52 valence electrons. The van der Waals surface area contributed by atoms with Gasteiger partial charge in [-0.3, -0.25) is 0 Å². The van der Waals surface area contributed by atoms with Gasteiger partial charge in [0.1, 0.15) is 0 Å². The van der Waals surface area contributed by atoms with Gasteiger partial charge >= 0.3 is 0 Å². The van der Waals surface area contributed by atoms with Crippen molar-refractivity contribution < 1.29 is 0 Å². The molecule has 0 aliphatic heterocycles. The average molecular weight is 141 g/mol. The first-order chi connectivity index (χ1) is 5.36. The molecular weight excluding hydrogens is 134 g/mol. The normalized spacial score (nSPS) is 9.55. The minimum atomic E-state index is 1.08. The van der Waals surface area contributed by atoms with E-state index < -0.39 is 0 Å². The van der Waals surface area contributed by atoms with Gasteiger partial charge < -0.3 is 0 Å². The predicted molar refractivity (Wildman–Crippen MR) is 44.2 cm³/mol. The molecule has 0 radical (unpaired) electrons. The Morgan fingerprint density at radius 1 is 1.36 bits per heavy atom. The number of fused-ring (bicyclic) bond motifs is 1. The number of rotatable bonds is 0. The van der Waals surface area contributed by atoms with Crippen molar-refractivity contribution in [1.82, 2.24) is 4.98 Å². The summed E-state index contributed by atoms with van der Waals surface area (Å²) in [4.78, 5) is 3.86. The molecule has 0 spiro atoms. The molecular formula is C10H7N. The largest absolute Gasteiger partial charge is 0.205 e. The fourth-order valence-corrected chi connectivity index (χ4v) is 1.09. The lowest BCUT2D eigenvalue weighted by atomic mass is 10.1. The van der Waals surface area contributed by atoms with Crippen LogP contribution in [0.2, 0.25) is 0 Å². The van der Waals surface area contributed by atoms with E-state index in [2.05, 4.69) is 36.3 Å². The predicted octanol–water partition coefficient (Wildman–Crippen LogP) is 2.14. The van der Waals surface area contributed by atoms with E-state index in [4.69, 9.17) is 0 Å². The fraction of sp³-hybridized carbons (Fsp3) is 0.100. The average Bonchev–Trinajstić information content (AvgIpc) is 2.04. The lowest BCUT2D eigenvalue weighted by molar-refractivity contribution is 1.37. The number of hydrogen-bond acceptors (Lipinski definition) is 1. The summed E-state index contributed by atoms with van der Waals surface area (Å²) < 4.78 is 0. The maximum Gasteiger partial charge on any atom is 0.0460 e. The second-order valence-corrected chi connectivity index (χ2v) is 2.59. The Morgan fingerprint density at radius 3 is 3.18 bits per heavy atom. The third-order valence-corrected chi connectivity index (χ3v) is 1.67. The second kappa shape index (κ2) is 2.25. The Hall–Kier alpha value is -1.55. The molecule has 0 saturated heterocycles. The second-order valence-electron chi connectivity index (χ2n) is 2.59. The van der Waals surface area contributed by atoms with Crippen molar-refractivity contribution >= 4 is 10.8 Å². The summed E-state index contributed by atoms with van der Waals surface area (Å²) in [7, 11) is 0. The number of hydrogen-bond donors (Lipinski definition) is 0. The number of aryl methyl sites for hydroxylation is 1. The topological polar surface area (TPSA) is 12.9 Å². The van der Waals surface area contributed by atoms with Crippen LogP contribution in [0, 0.1) is 19.2 Å². The van der Waals surface area contributed by atoms with E-state index in [9.17, 15) is 0 Å². The van der Waals surface area contributed by atoms with Crippen molar-refractivity contribution in [3.8, 4) is 0 Å². The molecule has 1 nitrogen and oxygen atoms in total. The zero-order valence-electron chi connectivity index (χ0n) is 6.26. The first-order valence-electron chi connectivity index (χ1n) is 3.51. The molecule has 0 saturated carbocycles. The lowest BCUT2D eigenvalue weighted by Crippen LogP contribution is -1.74. The van der Waals surface area contributed by atoms with Crippen LogP contribution in [0.1, 0.15) is 5.56 Å². The van der Waals surface area contributed by atoms with Crippen LogP contribution in [-0.2, 0) is 0 Å². The highest BCUT2D eigenvalue weighted by molar-refractivity contribution is 5.80. The van der Waals surface area contributed by atoms with Crippen molar-refractivity contribution in [3.05, 3.63) is 42.2 Å². The summed E-state index contributed by atoms with van der Waals surface area (Å²) in [6.07, 6.45) is 4.48. The van der Waals surface area contributed by atoms with Gasteiger partial charge in [-0.05, 0) is 24.6 Å². The molecule has 11 heavy (non-hydrogen) atoms. The van der Waals surface area contributed by atoms with E-state index in [-0.39, 0.29) is 0 Å². The molecule has 1 aromatic heterocycles. The number of aromatic nitrogens is 1. The molecule has 0 N–H and O–H groups in total. The summed E-state index contributed by atoms with van der Waals surface area (Å²) in [6, 6.07) is 9.14. The molecule has 0 aliphatic carbocycles. The molecule has 1 aromatic carbocycles. The smallest absolute Gasteiger partial charge is 0.0460 e. The molecule has 0 bridgehead atoms. The van der Waals surface area contributed by atoms with Gasteiger partial charge in [-0.15, -0.1) is 0 Å². The first-order valence-corrected chi connectivity index (χ1v) is 3.51. The third kappa shape index (κ3) is 1.03. The van der Waals surface area contributed by atoms with Crippen LogP contribution in [0.3, 0.4) is 0 Å². The highest BCUT2D eigenvalue weighted by Crippen LogP contribution is 2.10. The Bertz CT molecular complexity index is 379. The summed E-state index contributed by atoms with van der Waals surface area (Å²) in [5.74, 6) is 0. The van der Waals surface area contributed by atoms with Crippen molar-refractivity contribution in [2.24, 2.45) is 0 Å². The van der Waals surface area contributed by atoms with Crippen LogP contribution in [-0.4, -0.2) is 4.98 Å². The van der Waals surface area contributed by atoms with E-state index in [0.29, 0.717) is 0 Å². The summed E-state index contributed by atoms with van der Waals surface area (Å²) in [6.45, 7) is 2.06.